The predicted octanol–water partition coefficient (Wildman–Crippen LogP) is 1.92. The van der Waals surface area contributed by atoms with E-state index in [1.807, 2.05) is 0 Å². The van der Waals surface area contributed by atoms with Crippen LogP contribution in [0.5, 0.6) is 11.5 Å². The molecule has 0 radical (unpaired) electrons. The van der Waals surface area contributed by atoms with E-state index in [0.717, 1.165) is 0 Å². The van der Waals surface area contributed by atoms with Crippen molar-refractivity contribution in [2.75, 3.05) is 6.61 Å². The topological polar surface area (TPSA) is 78.7 Å². The van der Waals surface area contributed by atoms with Gasteiger partial charge in [0.1, 0.15) is 0 Å². The summed E-state index contributed by atoms with van der Waals surface area (Å²) >= 11 is 0. The maximum atomic E-state index is 10.8. The first kappa shape index (κ1) is 12.0. The molecular weight excluding hydrogens is 214 g/mol. The third kappa shape index (κ3) is 2.94. The monoisotopic (exact) mass is 225 g/mol. The zero-order chi connectivity index (χ0) is 12.1. The molecule has 0 saturated heterocycles. The van der Waals surface area contributed by atoms with Crippen LogP contribution in [0.15, 0.2) is 18.2 Å². The number of esters is 1. The minimum Gasteiger partial charge on any atom is -0.490 e. The van der Waals surface area contributed by atoms with Crippen molar-refractivity contribution < 1.29 is 19.2 Å². The van der Waals surface area contributed by atoms with Crippen LogP contribution in [0.25, 0.3) is 0 Å². The summed E-state index contributed by atoms with van der Waals surface area (Å²) in [6.07, 6.45) is 0. The lowest BCUT2D eigenvalue weighted by atomic mass is 10.3. The predicted molar refractivity (Wildman–Crippen MR) is 55.6 cm³/mol. The molecule has 0 aliphatic rings. The van der Waals surface area contributed by atoms with Gasteiger partial charge >= 0.3 is 5.97 Å². The lowest BCUT2D eigenvalue weighted by Crippen LogP contribution is -2.04. The Morgan fingerprint density at radius 3 is 2.62 bits per heavy atom. The lowest BCUT2D eigenvalue weighted by molar-refractivity contribution is -0.385. The molecule has 0 bridgehead atoms. The third-order valence-electron chi connectivity index (χ3n) is 1.69. The van der Waals surface area contributed by atoms with Crippen LogP contribution >= 0.6 is 0 Å². The number of ether oxygens (including phenoxy) is 2. The summed E-state index contributed by atoms with van der Waals surface area (Å²) in [5.74, 6) is -0.137. The molecule has 6 nitrogen and oxygen atoms in total. The van der Waals surface area contributed by atoms with Gasteiger partial charge in [0.05, 0.1) is 17.6 Å². The highest BCUT2D eigenvalue weighted by Gasteiger charge is 2.13. The number of non-ortho nitro benzene ring substituents is 1. The average molecular weight is 225 g/mol. The largest absolute Gasteiger partial charge is 0.490 e. The van der Waals surface area contributed by atoms with Gasteiger partial charge in [-0.2, -0.15) is 0 Å². The first-order valence-corrected chi connectivity index (χ1v) is 4.64. The Hall–Kier alpha value is -2.11. The minimum absolute atomic E-state index is 0.112. The summed E-state index contributed by atoms with van der Waals surface area (Å²) < 4.78 is 9.99. The van der Waals surface area contributed by atoms with Crippen LogP contribution in [-0.2, 0) is 4.79 Å². The molecule has 16 heavy (non-hydrogen) atoms. The second-order valence-corrected chi connectivity index (χ2v) is 2.91. The summed E-state index contributed by atoms with van der Waals surface area (Å²) in [5, 5.41) is 10.5. The highest BCUT2D eigenvalue weighted by Crippen LogP contribution is 2.31. The molecule has 0 spiro atoms. The van der Waals surface area contributed by atoms with E-state index >= 15 is 0 Å². The SMILES string of the molecule is CCOc1cc([N+](=O)[O-])ccc1OC(C)=O. The average Bonchev–Trinajstić information content (AvgIpc) is 2.20. The smallest absolute Gasteiger partial charge is 0.308 e. The van der Waals surface area contributed by atoms with E-state index in [4.69, 9.17) is 9.47 Å². The van der Waals surface area contributed by atoms with E-state index in [1.165, 1.54) is 25.1 Å². The molecule has 1 rings (SSSR count). The van der Waals surface area contributed by atoms with Crippen LogP contribution in [0.4, 0.5) is 5.69 Å². The fourth-order valence-electron chi connectivity index (χ4n) is 1.12. The summed E-state index contributed by atoms with van der Waals surface area (Å²) in [5.41, 5.74) is -0.112. The molecule has 0 saturated carbocycles. The Kier molecular flexibility index (Phi) is 3.82. The summed E-state index contributed by atoms with van der Waals surface area (Å²) in [4.78, 5) is 20.8. The first-order chi connectivity index (χ1) is 7.54. The van der Waals surface area contributed by atoms with E-state index in [9.17, 15) is 14.9 Å². The van der Waals surface area contributed by atoms with Gasteiger partial charge in [0.2, 0.25) is 0 Å². The minimum atomic E-state index is -0.542. The standard InChI is InChI=1S/C10H11NO5/c1-3-15-10-6-8(11(13)14)4-5-9(10)16-7(2)12/h4-6H,3H2,1-2H3. The van der Waals surface area contributed by atoms with Crippen LogP contribution in [0.1, 0.15) is 13.8 Å². The fourth-order valence-corrected chi connectivity index (χ4v) is 1.12. The van der Waals surface area contributed by atoms with Crippen molar-refractivity contribution in [2.24, 2.45) is 0 Å². The molecule has 0 aliphatic carbocycles. The number of carbonyl (C=O) groups excluding carboxylic acids is 1. The molecule has 6 heteroatoms. The van der Waals surface area contributed by atoms with Crippen molar-refractivity contribution in [3.8, 4) is 11.5 Å². The van der Waals surface area contributed by atoms with E-state index in [2.05, 4.69) is 0 Å². The number of nitro benzene ring substituents is 1. The summed E-state index contributed by atoms with van der Waals surface area (Å²) in [6, 6.07) is 3.81. The van der Waals surface area contributed by atoms with Gasteiger partial charge in [0, 0.05) is 13.0 Å². The van der Waals surface area contributed by atoms with Crippen molar-refractivity contribution in [1.82, 2.24) is 0 Å². The normalized spacial score (nSPS) is 9.62. The Balaban J connectivity index is 3.08. The molecule has 0 aliphatic heterocycles. The van der Waals surface area contributed by atoms with Gasteiger partial charge < -0.3 is 9.47 Å². The highest BCUT2D eigenvalue weighted by atomic mass is 16.6. The van der Waals surface area contributed by atoms with Gasteiger partial charge in [-0.1, -0.05) is 0 Å². The number of nitrogens with zero attached hydrogens (tertiary/aromatic N) is 1. The van der Waals surface area contributed by atoms with E-state index in [1.54, 1.807) is 6.92 Å². The number of hydrogen-bond acceptors (Lipinski definition) is 5. The molecule has 0 unspecified atom stereocenters. The van der Waals surface area contributed by atoms with Gasteiger partial charge in [0.15, 0.2) is 11.5 Å². The molecule has 1 aromatic rings. The van der Waals surface area contributed by atoms with Crippen molar-refractivity contribution in [2.45, 2.75) is 13.8 Å². The molecule has 86 valence electrons. The van der Waals surface area contributed by atoms with Gasteiger partial charge in [-0.15, -0.1) is 0 Å². The van der Waals surface area contributed by atoms with Gasteiger partial charge in [-0.25, -0.2) is 0 Å². The van der Waals surface area contributed by atoms with Gasteiger partial charge in [-0.05, 0) is 13.0 Å². The van der Waals surface area contributed by atoms with Crippen LogP contribution in [0.3, 0.4) is 0 Å². The van der Waals surface area contributed by atoms with Gasteiger partial charge in [0.25, 0.3) is 5.69 Å². The highest BCUT2D eigenvalue weighted by molar-refractivity contribution is 5.70. The Labute approximate surface area is 91.9 Å². The maximum absolute atomic E-state index is 10.8. The van der Waals surface area contributed by atoms with Crippen LogP contribution in [0.2, 0.25) is 0 Å². The maximum Gasteiger partial charge on any atom is 0.308 e. The van der Waals surface area contributed by atoms with Crippen molar-refractivity contribution in [3.05, 3.63) is 28.3 Å². The zero-order valence-electron chi connectivity index (χ0n) is 8.93. The lowest BCUT2D eigenvalue weighted by Gasteiger charge is -2.08. The molecule has 1 aromatic carbocycles. The number of carbonyl (C=O) groups is 1. The van der Waals surface area contributed by atoms with Crippen LogP contribution < -0.4 is 9.47 Å². The molecular formula is C10H11NO5. The van der Waals surface area contributed by atoms with Crippen molar-refractivity contribution in [3.63, 3.8) is 0 Å². The fraction of sp³-hybridized carbons (Fsp3) is 0.300. The number of hydrogen-bond donors (Lipinski definition) is 0. The third-order valence-corrected chi connectivity index (χ3v) is 1.69. The summed E-state index contributed by atoms with van der Waals surface area (Å²) in [7, 11) is 0. The zero-order valence-corrected chi connectivity index (χ0v) is 8.93. The molecule has 0 fully saturated rings. The van der Waals surface area contributed by atoms with Crippen LogP contribution in [0, 0.1) is 10.1 Å². The first-order valence-electron chi connectivity index (χ1n) is 4.64. The molecule has 0 atom stereocenters. The molecule has 0 N–H and O–H groups in total. The molecule has 0 aromatic heterocycles. The number of rotatable bonds is 4. The number of nitro groups is 1. The Morgan fingerprint density at radius 1 is 1.44 bits per heavy atom. The molecule has 0 heterocycles. The van der Waals surface area contributed by atoms with Crippen LogP contribution in [-0.4, -0.2) is 17.5 Å². The second kappa shape index (κ2) is 5.11. The van der Waals surface area contributed by atoms with Crippen molar-refractivity contribution >= 4 is 11.7 Å². The van der Waals surface area contributed by atoms with E-state index in [-0.39, 0.29) is 17.2 Å². The quantitative estimate of drug-likeness (QED) is 0.338. The van der Waals surface area contributed by atoms with E-state index in [0.29, 0.717) is 6.61 Å². The summed E-state index contributed by atoms with van der Waals surface area (Å²) in [6.45, 7) is 3.31. The van der Waals surface area contributed by atoms with E-state index < -0.39 is 10.9 Å². The Morgan fingerprint density at radius 2 is 2.12 bits per heavy atom. The van der Waals surface area contributed by atoms with Gasteiger partial charge in [-0.3, -0.25) is 14.9 Å². The second-order valence-electron chi connectivity index (χ2n) is 2.91. The molecule has 0 amide bonds. The Bertz CT molecular complexity index is 416. The number of benzene rings is 1. The van der Waals surface area contributed by atoms with Crippen molar-refractivity contribution in [1.29, 1.82) is 0 Å².